The van der Waals surface area contributed by atoms with Crippen molar-refractivity contribution in [1.29, 1.82) is 0 Å². The summed E-state index contributed by atoms with van der Waals surface area (Å²) in [4.78, 5) is 56.4. The summed E-state index contributed by atoms with van der Waals surface area (Å²) in [6, 6.07) is 7.90. The van der Waals surface area contributed by atoms with Crippen LogP contribution in [0.15, 0.2) is 41.3 Å². The minimum absolute atomic E-state index is 0.0610. The van der Waals surface area contributed by atoms with Gasteiger partial charge in [0, 0.05) is 11.8 Å². The van der Waals surface area contributed by atoms with Gasteiger partial charge < -0.3 is 23.5 Å². The van der Waals surface area contributed by atoms with E-state index in [1.54, 1.807) is 86.6 Å². The maximum absolute atomic E-state index is 16.2. The highest BCUT2D eigenvalue weighted by Gasteiger charge is 2.50. The van der Waals surface area contributed by atoms with E-state index in [1.165, 1.54) is 0 Å². The Bertz CT molecular complexity index is 1640. The molecule has 1 fully saturated rings. The fourth-order valence-corrected chi connectivity index (χ4v) is 7.21. The van der Waals surface area contributed by atoms with Crippen LogP contribution in [-0.4, -0.2) is 68.8 Å². The van der Waals surface area contributed by atoms with Crippen LogP contribution in [0.3, 0.4) is 0 Å². The standard InChI is InChI=1S/C31H41FN3O12PS/c1-29(2,3)44-26(37)35(27(38)45-30(4,5)6)21-14-15-34(25(36)33-21)24-22(32)23(43-28(39)46-31(7,8)9)20(49-24)17-42-48(40)41-16-18-12-10-11-13-19(18)47-48/h10-15,20,22-24H,16-17H2,1-9H3/t20-,22+,23-,24-,48?/m1/s1. The monoisotopic (exact) mass is 729 g/mol. The van der Waals surface area contributed by atoms with E-state index in [1.807, 2.05) is 0 Å². The number of phosphoric ester groups is 1. The summed E-state index contributed by atoms with van der Waals surface area (Å²) in [5.74, 6) is -0.141. The van der Waals surface area contributed by atoms with Gasteiger partial charge in [0.2, 0.25) is 0 Å². The number of nitrogens with zero attached hydrogens (tertiary/aromatic N) is 3. The Morgan fingerprint density at radius 2 is 1.57 bits per heavy atom. The van der Waals surface area contributed by atoms with E-state index in [4.69, 9.17) is 32.5 Å². The first-order chi connectivity index (χ1) is 22.5. The molecular formula is C31H41FN3O12PS. The topological polar surface area (TPSA) is 171 Å². The highest BCUT2D eigenvalue weighted by Crippen LogP contribution is 2.56. The summed E-state index contributed by atoms with van der Waals surface area (Å²) in [6.45, 7) is 13.7. The van der Waals surface area contributed by atoms with Gasteiger partial charge in [0.1, 0.15) is 27.9 Å². The number of ether oxygens (including phenoxy) is 4. The third-order valence-corrected chi connectivity index (χ3v) is 9.17. The molecule has 0 bridgehead atoms. The van der Waals surface area contributed by atoms with E-state index in [0.717, 1.165) is 28.6 Å². The molecule has 15 nitrogen and oxygen atoms in total. The predicted octanol–water partition coefficient (Wildman–Crippen LogP) is 6.93. The lowest BCUT2D eigenvalue weighted by Gasteiger charge is -2.28. The molecule has 0 spiro atoms. The van der Waals surface area contributed by atoms with Crippen LogP contribution in [0.2, 0.25) is 0 Å². The maximum atomic E-state index is 16.2. The number of aromatic nitrogens is 2. The van der Waals surface area contributed by atoms with Crippen LogP contribution in [0.5, 0.6) is 5.75 Å². The van der Waals surface area contributed by atoms with E-state index in [0.29, 0.717) is 16.2 Å². The summed E-state index contributed by atoms with van der Waals surface area (Å²) < 4.78 is 68.1. The number of carbonyl (C=O) groups excluding carboxylic acids is 3. The van der Waals surface area contributed by atoms with Gasteiger partial charge in [-0.1, -0.05) is 18.2 Å². The molecule has 2 amide bonds. The molecule has 0 saturated carbocycles. The van der Waals surface area contributed by atoms with E-state index in [-0.39, 0.29) is 6.61 Å². The Labute approximate surface area is 287 Å². The van der Waals surface area contributed by atoms with Crippen LogP contribution in [0.25, 0.3) is 0 Å². The molecule has 5 atom stereocenters. The smallest absolute Gasteiger partial charge is 0.443 e. The van der Waals surface area contributed by atoms with E-state index < -0.39 is 84.0 Å². The van der Waals surface area contributed by atoms with Gasteiger partial charge in [0.15, 0.2) is 18.1 Å². The van der Waals surface area contributed by atoms with Crippen molar-refractivity contribution in [1.82, 2.24) is 9.55 Å². The Balaban J connectivity index is 1.61. The average molecular weight is 730 g/mol. The molecular weight excluding hydrogens is 688 g/mol. The first kappa shape index (κ1) is 38.1. The molecule has 3 heterocycles. The molecule has 1 aromatic carbocycles. The second kappa shape index (κ2) is 14.3. The number of phosphoric acid groups is 1. The molecule has 2 aromatic rings. The number of amides is 2. The van der Waals surface area contributed by atoms with Crippen molar-refractivity contribution in [3.8, 4) is 5.75 Å². The van der Waals surface area contributed by atoms with Gasteiger partial charge in [0.05, 0.1) is 18.5 Å². The number of thioether (sulfide) groups is 1. The SMILES string of the molecule is CC(C)(C)OC(=O)O[C@H]1[C@H](F)[C@H](n2ccc(N(C(=O)OC(C)(C)C)C(=O)OC(C)(C)C)nc2=O)S[C@@H]1COP1(=O)OCc2ccccc2O1. The highest BCUT2D eigenvalue weighted by molar-refractivity contribution is 8.00. The number of halogens is 1. The van der Waals surface area contributed by atoms with Crippen molar-refractivity contribution in [2.45, 2.75) is 109 Å². The Hall–Kier alpha value is -3.66. The fourth-order valence-electron chi connectivity index (χ4n) is 4.41. The number of anilines is 1. The predicted molar refractivity (Wildman–Crippen MR) is 175 cm³/mol. The van der Waals surface area contributed by atoms with Gasteiger partial charge in [-0.25, -0.2) is 28.1 Å². The fraction of sp³-hybridized carbons (Fsp3) is 0.581. The second-order valence-corrected chi connectivity index (χ2v) is 17.0. The Morgan fingerprint density at radius 1 is 0.980 bits per heavy atom. The number of benzene rings is 1. The third kappa shape index (κ3) is 10.2. The molecule has 2 aliphatic heterocycles. The largest absolute Gasteiger partial charge is 0.530 e. The Morgan fingerprint density at radius 3 is 2.14 bits per heavy atom. The van der Waals surface area contributed by atoms with Crippen LogP contribution in [0, 0.1) is 0 Å². The van der Waals surface area contributed by atoms with Crippen LogP contribution in [-0.2, 0) is 39.2 Å². The number of rotatable bonds is 6. The van der Waals surface area contributed by atoms with Crippen molar-refractivity contribution in [3.05, 3.63) is 52.6 Å². The lowest BCUT2D eigenvalue weighted by atomic mass is 10.1. The number of para-hydroxylation sites is 1. The normalized spacial score (nSPS) is 23.9. The van der Waals surface area contributed by atoms with Gasteiger partial charge >= 0.3 is 31.9 Å². The number of fused-ring (bicyclic) bond motifs is 1. The number of hydrogen-bond donors (Lipinski definition) is 0. The molecule has 0 aliphatic carbocycles. The molecule has 0 N–H and O–H groups in total. The van der Waals surface area contributed by atoms with Crippen LogP contribution in [0.4, 0.5) is 24.6 Å². The zero-order chi connectivity index (χ0) is 36.5. The first-order valence-corrected chi connectivity index (χ1v) is 17.7. The van der Waals surface area contributed by atoms with Crippen LogP contribution >= 0.6 is 19.6 Å². The zero-order valence-electron chi connectivity index (χ0n) is 28.7. The number of carbonyl (C=O) groups is 3. The van der Waals surface area contributed by atoms with Gasteiger partial charge in [-0.05, 0) is 74.4 Å². The van der Waals surface area contributed by atoms with Crippen molar-refractivity contribution in [3.63, 3.8) is 0 Å². The summed E-state index contributed by atoms with van der Waals surface area (Å²) >= 11 is 0.831. The minimum Gasteiger partial charge on any atom is -0.443 e. The number of alkyl halides is 1. The maximum Gasteiger partial charge on any atom is 0.530 e. The quantitative estimate of drug-likeness (QED) is 0.170. The number of imide groups is 1. The van der Waals surface area contributed by atoms with E-state index in [9.17, 15) is 23.7 Å². The van der Waals surface area contributed by atoms with Crippen molar-refractivity contribution < 1.29 is 55.9 Å². The summed E-state index contributed by atoms with van der Waals surface area (Å²) in [7, 11) is -4.16. The molecule has 0 radical (unpaired) electrons. The molecule has 4 rings (SSSR count). The minimum atomic E-state index is -4.16. The molecule has 1 aromatic heterocycles. The molecule has 1 saturated heterocycles. The van der Waals surface area contributed by atoms with Crippen LogP contribution < -0.4 is 15.1 Å². The van der Waals surface area contributed by atoms with Crippen molar-refractivity contribution in [2.75, 3.05) is 11.5 Å². The summed E-state index contributed by atoms with van der Waals surface area (Å²) in [5.41, 5.74) is -3.41. The molecule has 270 valence electrons. The lowest BCUT2D eigenvalue weighted by molar-refractivity contribution is -0.0460. The lowest BCUT2D eigenvalue weighted by Crippen LogP contribution is -2.45. The summed E-state index contributed by atoms with van der Waals surface area (Å²) in [6.07, 6.45) is -5.96. The molecule has 18 heteroatoms. The van der Waals surface area contributed by atoms with Gasteiger partial charge in [-0.15, -0.1) is 11.8 Å². The van der Waals surface area contributed by atoms with Crippen molar-refractivity contribution in [2.24, 2.45) is 0 Å². The van der Waals surface area contributed by atoms with Crippen molar-refractivity contribution >= 4 is 43.7 Å². The first-order valence-electron chi connectivity index (χ1n) is 15.3. The van der Waals surface area contributed by atoms with E-state index >= 15 is 4.39 Å². The third-order valence-electron chi connectivity index (χ3n) is 6.32. The Kier molecular flexibility index (Phi) is 11.1. The average Bonchev–Trinajstić information content (AvgIpc) is 3.23. The zero-order valence-corrected chi connectivity index (χ0v) is 30.4. The van der Waals surface area contributed by atoms with Gasteiger partial charge in [-0.3, -0.25) is 13.6 Å². The second-order valence-electron chi connectivity index (χ2n) is 14.0. The molecule has 49 heavy (non-hydrogen) atoms. The molecule has 1 unspecified atom stereocenters. The van der Waals surface area contributed by atoms with E-state index in [2.05, 4.69) is 4.98 Å². The highest BCUT2D eigenvalue weighted by atomic mass is 32.2. The van der Waals surface area contributed by atoms with Gasteiger partial charge in [0.25, 0.3) is 0 Å². The number of hydrogen-bond acceptors (Lipinski definition) is 14. The van der Waals surface area contributed by atoms with Gasteiger partial charge in [-0.2, -0.15) is 9.88 Å². The summed E-state index contributed by atoms with van der Waals surface area (Å²) in [5, 5.41) is -2.41. The molecule has 2 aliphatic rings. The van der Waals surface area contributed by atoms with Crippen LogP contribution in [0.1, 0.15) is 73.3 Å².